The molecule has 7 atom stereocenters. The van der Waals surface area contributed by atoms with E-state index >= 15 is 0 Å². The monoisotopic (exact) mass is 1980 g/mol. The minimum Gasteiger partial charge on any atom is -0.171 e. The summed E-state index contributed by atoms with van der Waals surface area (Å²) in [5.74, 6) is -1.47. The van der Waals surface area contributed by atoms with Crippen LogP contribution in [0.1, 0.15) is 501 Å². The summed E-state index contributed by atoms with van der Waals surface area (Å²) in [4.78, 5) is 0. The van der Waals surface area contributed by atoms with Gasteiger partial charge in [-0.05, 0) is 174 Å². The van der Waals surface area contributed by atoms with Gasteiger partial charge in [-0.15, -0.1) is 0 Å². The summed E-state index contributed by atoms with van der Waals surface area (Å²) in [7, 11) is 0. The van der Waals surface area contributed by atoms with E-state index in [1.165, 1.54) is 81.1 Å². The maximum absolute atomic E-state index is 13.3. The molecular weight excluding hydrogens is 1770 g/mol. The van der Waals surface area contributed by atoms with Crippen LogP contribution in [-0.2, 0) is 0 Å². The number of rotatable bonds is 37. The van der Waals surface area contributed by atoms with E-state index < -0.39 is 109 Å². The van der Waals surface area contributed by atoms with Gasteiger partial charge in [-0.3, -0.25) is 0 Å². The molecular formula is C109H214F24. The van der Waals surface area contributed by atoms with Crippen molar-refractivity contribution in [1.82, 2.24) is 0 Å². The average Bonchev–Trinajstić information content (AvgIpc) is 0.806. The molecule has 0 heterocycles. The highest BCUT2D eigenvalue weighted by Gasteiger charge is 2.64. The molecule has 0 N–H and O–H groups in total. The zero-order valence-electron chi connectivity index (χ0n) is 95.2. The molecule has 0 rings (SSSR count). The van der Waals surface area contributed by atoms with Crippen LogP contribution in [0, 0.1) is 153 Å². The maximum atomic E-state index is 13.3. The van der Waals surface area contributed by atoms with Crippen LogP contribution in [0.5, 0.6) is 0 Å². The Labute approximate surface area is 805 Å². The third-order valence-corrected chi connectivity index (χ3v) is 33.9. The normalized spacial score (nSPS) is 16.6. The smallest absolute Gasteiger partial charge is 0.171 e. The second-order valence-electron chi connectivity index (χ2n) is 46.5. The molecule has 0 fully saturated rings. The minimum atomic E-state index is -4.14. The summed E-state index contributed by atoms with van der Waals surface area (Å²) in [6.45, 7) is 95.3. The Balaban J connectivity index is -0.000000159. The van der Waals surface area contributed by atoms with Gasteiger partial charge in [0.05, 0.1) is 43.3 Å². The fourth-order valence-electron chi connectivity index (χ4n) is 21.2. The predicted octanol–water partition coefficient (Wildman–Crippen LogP) is 45.4. The predicted molar refractivity (Wildman–Crippen MR) is 526 cm³/mol. The van der Waals surface area contributed by atoms with E-state index in [2.05, 4.69) is 76.2 Å². The molecule has 0 aliphatic carbocycles. The van der Waals surface area contributed by atoms with Crippen molar-refractivity contribution in [2.75, 3.05) is 0 Å². The molecule has 0 aromatic carbocycles. The van der Waals surface area contributed by atoms with E-state index in [1.807, 2.05) is 145 Å². The van der Waals surface area contributed by atoms with Crippen LogP contribution in [0.15, 0.2) is 0 Å². The zero-order chi connectivity index (χ0) is 110. The maximum Gasteiger partial charge on any atom is 0.395 e. The van der Waals surface area contributed by atoms with Crippen molar-refractivity contribution in [2.45, 2.75) is 551 Å². The first-order valence-corrected chi connectivity index (χ1v) is 51.2. The summed E-state index contributed by atoms with van der Waals surface area (Å²) in [6, 6.07) is 0. The van der Waals surface area contributed by atoms with Crippen LogP contribution in [0.25, 0.3) is 0 Å². The largest absolute Gasteiger partial charge is 0.395 e. The summed E-state index contributed by atoms with van der Waals surface area (Å²) >= 11 is 0. The Morgan fingerprint density at radius 1 is 0.203 bits per heavy atom. The Kier molecular flexibility index (Phi) is 70.0. The first-order chi connectivity index (χ1) is 58.7. The number of hydrogen-bond donors (Lipinski definition) is 0. The first-order valence-electron chi connectivity index (χ1n) is 51.2. The minimum absolute atomic E-state index is 0.0524. The van der Waals surface area contributed by atoms with E-state index in [1.54, 1.807) is 83.1 Å². The molecule has 818 valence electrons. The van der Waals surface area contributed by atoms with E-state index in [4.69, 9.17) is 0 Å². The van der Waals surface area contributed by atoms with Crippen molar-refractivity contribution in [3.63, 3.8) is 0 Å². The van der Waals surface area contributed by atoms with E-state index in [-0.39, 0.29) is 110 Å². The van der Waals surface area contributed by atoms with Crippen LogP contribution in [0.4, 0.5) is 105 Å². The van der Waals surface area contributed by atoms with Crippen molar-refractivity contribution >= 4 is 0 Å². The van der Waals surface area contributed by atoms with Gasteiger partial charge in [0.2, 0.25) is 0 Å². The summed E-state index contributed by atoms with van der Waals surface area (Å²) in [5.41, 5.74) is -12.2. The number of halogens is 24. The molecule has 0 spiro atoms. The van der Waals surface area contributed by atoms with E-state index in [0.717, 1.165) is 5.92 Å². The first kappa shape index (κ1) is 152. The van der Waals surface area contributed by atoms with Gasteiger partial charge in [-0.25, -0.2) is 0 Å². The van der Waals surface area contributed by atoms with Gasteiger partial charge >= 0.3 is 49.4 Å². The Hall–Kier alpha value is -1.68. The third-order valence-electron chi connectivity index (χ3n) is 33.9. The summed E-state index contributed by atoms with van der Waals surface area (Å²) in [6.07, 6.45) is -19.4. The standard InChI is InChI=1S/C13H25F3.3C12H23F3.2C11H21F3.C10H19F3.C10H22.C9H17F3.C9H20/c1-7-8-12(6,13(14,15)16)11(9(2)3)10(4)5;1-7-10(5,8-2)11(6,9(3)4)12(13,14)15;1-7-11(6,12(13,14)15)10(8(2)3)9(4)5;1-6-9-11(5,12(13,14)15)10(4,7-2)8-3;1-6-9(7-2)10(5,8(3)4)11(12,13)14;1-5-8-10(4,11(12,13)14)9(6-2)7-3;1-5-6-9(4,7-8(2)3)10(11,12)13;1-7-10(6,8-2)9(3,4)5;1-6(2)8(5,7(3)4)9(10,11)12;1-6-8(7-2)9(3,4)5/h9-11H,7-8H2,1-6H3;9H,7-8H2,1-6H3;8-10H,7H2,1-6H3;6-9H2,1-5H3;8-9H,6-7H2,1-5H3;9H,5-8H2,1-4H3;8H,5-7H2,1-4H3;7-8H2,1-6H3;6-7H,1-5H3;8H,6-7H2,1-5H3/t12-;3*11-;2*10-;9-;;;/m0000000.../s1. The van der Waals surface area contributed by atoms with Crippen molar-refractivity contribution < 1.29 is 105 Å². The summed E-state index contributed by atoms with van der Waals surface area (Å²) < 4.78 is 312. The molecule has 0 radical (unpaired) electrons. The summed E-state index contributed by atoms with van der Waals surface area (Å²) in [5, 5.41) is 0. The van der Waals surface area contributed by atoms with Gasteiger partial charge in [0, 0.05) is 0 Å². The van der Waals surface area contributed by atoms with Gasteiger partial charge in [0.15, 0.2) is 0 Å². The van der Waals surface area contributed by atoms with E-state index in [0.29, 0.717) is 93.3 Å². The van der Waals surface area contributed by atoms with Gasteiger partial charge in [0.25, 0.3) is 0 Å². The molecule has 0 aromatic heterocycles. The Morgan fingerprint density at radius 2 is 0.459 bits per heavy atom. The molecule has 24 heteroatoms. The molecule has 0 bridgehead atoms. The van der Waals surface area contributed by atoms with Crippen LogP contribution >= 0.6 is 0 Å². The second-order valence-corrected chi connectivity index (χ2v) is 46.5. The number of alkyl halides is 24. The lowest BCUT2D eigenvalue weighted by Gasteiger charge is -2.49. The van der Waals surface area contributed by atoms with Crippen molar-refractivity contribution in [3.8, 4) is 0 Å². The second kappa shape index (κ2) is 61.5. The van der Waals surface area contributed by atoms with Crippen molar-refractivity contribution in [2.24, 2.45) is 153 Å². The van der Waals surface area contributed by atoms with Crippen molar-refractivity contribution in [1.29, 1.82) is 0 Å². The van der Waals surface area contributed by atoms with Gasteiger partial charge < -0.3 is 0 Å². The Morgan fingerprint density at radius 3 is 0.571 bits per heavy atom. The fourth-order valence-corrected chi connectivity index (χ4v) is 21.2. The lowest BCUT2D eigenvalue weighted by atomic mass is 9.57. The molecule has 133 heavy (non-hydrogen) atoms. The molecule has 0 saturated heterocycles. The van der Waals surface area contributed by atoms with Gasteiger partial charge in [0.1, 0.15) is 0 Å². The zero-order valence-corrected chi connectivity index (χ0v) is 95.2. The van der Waals surface area contributed by atoms with Crippen LogP contribution in [0.3, 0.4) is 0 Å². The lowest BCUT2D eigenvalue weighted by Crippen LogP contribution is -2.51. The topological polar surface area (TPSA) is 0 Å². The molecule has 0 saturated carbocycles. The molecule has 0 amide bonds. The lowest BCUT2D eigenvalue weighted by molar-refractivity contribution is -0.275. The fraction of sp³-hybridized carbons (Fsp3) is 1.00. The number of hydrogen-bond acceptors (Lipinski definition) is 0. The van der Waals surface area contributed by atoms with Crippen molar-refractivity contribution in [3.05, 3.63) is 0 Å². The highest BCUT2D eigenvalue weighted by atomic mass is 19.4. The quantitative estimate of drug-likeness (QED) is 0.0544. The molecule has 0 unspecified atom stereocenters. The third kappa shape index (κ3) is 43.8. The van der Waals surface area contributed by atoms with Crippen LogP contribution in [0.2, 0.25) is 0 Å². The van der Waals surface area contributed by atoms with Gasteiger partial charge in [-0.1, -0.05) is 437 Å². The van der Waals surface area contributed by atoms with Gasteiger partial charge in [-0.2, -0.15) is 105 Å². The average molecular weight is 1980 g/mol. The highest BCUT2D eigenvalue weighted by molar-refractivity contribution is 5.00. The van der Waals surface area contributed by atoms with E-state index in [9.17, 15) is 105 Å². The highest BCUT2D eigenvalue weighted by Crippen LogP contribution is 2.62. The molecule has 0 aliphatic heterocycles. The SMILES string of the molecule is CC(C)C(C)(C(C)C)C(F)(F)F.CCC(C)(CC)C(C)(C)C.CCC(C)(CC)[C@](C)(C(C)C)C(F)(F)F.CCC(CC)C(C)(C)C.CCC(CC)[C@](C)(C(C)C)C(F)(F)F.CCC[C@@](C)(C(C(C)C)C(C)C)C(F)(F)F.CCC[C@@](C)(C(CC)CC)C(F)(F)F.CCC[C@@](C)(CC(C)C)C(F)(F)F.CCC[C@](C)(C(F)(F)F)C(C)(CC)CC.CC[C@@](C)(C(C(C)C)C(C)C)C(F)(F)F. The van der Waals surface area contributed by atoms with Crippen LogP contribution < -0.4 is 0 Å². The molecule has 0 aromatic rings. The Bertz CT molecular complexity index is 2800. The molecule has 0 aliphatic rings. The van der Waals surface area contributed by atoms with Crippen LogP contribution in [-0.4, -0.2) is 49.4 Å². The molecule has 0 nitrogen and oxygen atoms in total.